The molecule has 0 aromatic rings. The normalized spacial score (nSPS) is 34.3. The van der Waals surface area contributed by atoms with Crippen LogP contribution < -0.4 is 0 Å². The van der Waals surface area contributed by atoms with E-state index in [1.165, 1.54) is 32.4 Å². The molecule has 0 bridgehead atoms. The van der Waals surface area contributed by atoms with Crippen LogP contribution in [0.5, 0.6) is 0 Å². The summed E-state index contributed by atoms with van der Waals surface area (Å²) < 4.78 is 5.85. The van der Waals surface area contributed by atoms with E-state index in [-0.39, 0.29) is 0 Å². The molecule has 2 aliphatic rings. The molecule has 2 nitrogen and oxygen atoms in total. The monoisotopic (exact) mass is 209 g/mol. The number of hydrogen-bond donors (Lipinski definition) is 0. The molecular formula is C13H23NO. The summed E-state index contributed by atoms with van der Waals surface area (Å²) in [6, 6.07) is 0. The summed E-state index contributed by atoms with van der Waals surface area (Å²) in [6.07, 6.45) is 6.54. The van der Waals surface area contributed by atoms with Crippen molar-refractivity contribution in [3.05, 3.63) is 11.6 Å². The lowest BCUT2D eigenvalue weighted by Crippen LogP contribution is -2.43. The average Bonchev–Trinajstić information content (AvgIpc) is 2.70. The van der Waals surface area contributed by atoms with E-state index >= 15 is 0 Å². The second kappa shape index (κ2) is 4.26. The van der Waals surface area contributed by atoms with Crippen molar-refractivity contribution in [3.63, 3.8) is 0 Å². The fraction of sp³-hybridized carbons (Fsp3) is 0.846. The number of nitrogens with zero attached hydrogens (tertiary/aromatic N) is 1. The van der Waals surface area contributed by atoms with Gasteiger partial charge in [0.2, 0.25) is 0 Å². The fourth-order valence-corrected chi connectivity index (χ4v) is 2.89. The smallest absolute Gasteiger partial charge is 0.0657 e. The van der Waals surface area contributed by atoms with E-state index in [0.29, 0.717) is 11.6 Å². The number of allylic oxidation sites excluding steroid dienone is 1. The molecule has 0 aromatic carbocycles. The van der Waals surface area contributed by atoms with Gasteiger partial charge in [-0.3, -0.25) is 4.90 Å². The van der Waals surface area contributed by atoms with Crippen LogP contribution in [0.25, 0.3) is 0 Å². The van der Waals surface area contributed by atoms with Crippen molar-refractivity contribution in [2.45, 2.75) is 51.7 Å². The van der Waals surface area contributed by atoms with Crippen molar-refractivity contribution in [2.24, 2.45) is 0 Å². The molecule has 2 saturated heterocycles. The standard InChI is InChI=1S/C13H23NO/c1-4-12-8-13(10-15-11(2)3)6-5-7-14(13)9-12/h4,11H,5-10H2,1-3H3/b12-4+/t13-/m0/s1. The molecule has 2 heterocycles. The van der Waals surface area contributed by atoms with Gasteiger partial charge < -0.3 is 4.74 Å². The van der Waals surface area contributed by atoms with Crippen molar-refractivity contribution in [1.82, 2.24) is 4.90 Å². The lowest BCUT2D eigenvalue weighted by atomic mass is 9.93. The number of rotatable bonds is 3. The Labute approximate surface area is 93.3 Å². The van der Waals surface area contributed by atoms with Crippen LogP contribution in [-0.4, -0.2) is 36.2 Å². The molecule has 15 heavy (non-hydrogen) atoms. The lowest BCUT2D eigenvalue weighted by molar-refractivity contribution is 0.00329. The van der Waals surface area contributed by atoms with E-state index in [2.05, 4.69) is 31.7 Å². The highest BCUT2D eigenvalue weighted by Gasteiger charge is 2.46. The van der Waals surface area contributed by atoms with Gasteiger partial charge in [0.25, 0.3) is 0 Å². The van der Waals surface area contributed by atoms with Crippen molar-refractivity contribution >= 4 is 0 Å². The van der Waals surface area contributed by atoms with E-state index in [9.17, 15) is 0 Å². The molecule has 86 valence electrons. The van der Waals surface area contributed by atoms with E-state index in [0.717, 1.165) is 6.61 Å². The van der Waals surface area contributed by atoms with Gasteiger partial charge in [0.1, 0.15) is 0 Å². The predicted octanol–water partition coefficient (Wildman–Crippen LogP) is 2.60. The maximum absolute atomic E-state index is 5.85. The molecule has 0 spiro atoms. The second-order valence-electron chi connectivity index (χ2n) is 5.23. The third kappa shape index (κ3) is 2.11. The van der Waals surface area contributed by atoms with Gasteiger partial charge >= 0.3 is 0 Å². The molecule has 0 radical (unpaired) electrons. The zero-order chi connectivity index (χ0) is 10.9. The maximum atomic E-state index is 5.85. The first-order valence-corrected chi connectivity index (χ1v) is 6.17. The minimum Gasteiger partial charge on any atom is -0.377 e. The summed E-state index contributed by atoms with van der Waals surface area (Å²) in [5, 5.41) is 0. The molecule has 0 aromatic heterocycles. The Morgan fingerprint density at radius 1 is 1.53 bits per heavy atom. The summed E-state index contributed by atoms with van der Waals surface area (Å²) in [4.78, 5) is 2.63. The fourth-order valence-electron chi connectivity index (χ4n) is 2.89. The van der Waals surface area contributed by atoms with Crippen LogP contribution in [0.2, 0.25) is 0 Å². The summed E-state index contributed by atoms with van der Waals surface area (Å²) in [5.74, 6) is 0. The Morgan fingerprint density at radius 2 is 2.33 bits per heavy atom. The van der Waals surface area contributed by atoms with Crippen LogP contribution in [-0.2, 0) is 4.74 Å². The SMILES string of the molecule is C/C=C1/CN2CCC[C@@]2(COC(C)C)C1. The van der Waals surface area contributed by atoms with E-state index in [1.807, 2.05) is 0 Å². The van der Waals surface area contributed by atoms with E-state index in [4.69, 9.17) is 4.74 Å². The van der Waals surface area contributed by atoms with E-state index in [1.54, 1.807) is 5.57 Å². The Bertz CT molecular complexity index is 259. The quantitative estimate of drug-likeness (QED) is 0.662. The third-order valence-corrected chi connectivity index (χ3v) is 3.78. The van der Waals surface area contributed by atoms with Gasteiger partial charge in [0.15, 0.2) is 0 Å². The van der Waals surface area contributed by atoms with Crippen LogP contribution in [0.1, 0.15) is 40.0 Å². The highest BCUT2D eigenvalue weighted by molar-refractivity contribution is 5.20. The summed E-state index contributed by atoms with van der Waals surface area (Å²) in [6.45, 7) is 9.77. The molecule has 0 saturated carbocycles. The Kier molecular flexibility index (Phi) is 3.17. The Hall–Kier alpha value is -0.340. The molecule has 2 heteroatoms. The van der Waals surface area contributed by atoms with Gasteiger partial charge in [0, 0.05) is 12.1 Å². The molecule has 2 fully saturated rings. The lowest BCUT2D eigenvalue weighted by Gasteiger charge is -2.32. The van der Waals surface area contributed by atoms with Crippen LogP contribution in [0.15, 0.2) is 11.6 Å². The zero-order valence-electron chi connectivity index (χ0n) is 10.3. The number of ether oxygens (including phenoxy) is 1. The average molecular weight is 209 g/mol. The van der Waals surface area contributed by atoms with Crippen LogP contribution in [0.3, 0.4) is 0 Å². The van der Waals surface area contributed by atoms with Crippen molar-refractivity contribution in [1.29, 1.82) is 0 Å². The number of hydrogen-bond acceptors (Lipinski definition) is 2. The van der Waals surface area contributed by atoms with E-state index < -0.39 is 0 Å². The predicted molar refractivity (Wildman–Crippen MR) is 63.0 cm³/mol. The van der Waals surface area contributed by atoms with Crippen LogP contribution >= 0.6 is 0 Å². The van der Waals surface area contributed by atoms with Crippen molar-refractivity contribution in [2.75, 3.05) is 19.7 Å². The van der Waals surface area contributed by atoms with Gasteiger partial charge in [-0.25, -0.2) is 0 Å². The largest absolute Gasteiger partial charge is 0.377 e. The van der Waals surface area contributed by atoms with Crippen LogP contribution in [0, 0.1) is 0 Å². The molecule has 0 amide bonds. The molecule has 0 aliphatic carbocycles. The molecule has 0 unspecified atom stereocenters. The first kappa shape index (κ1) is 11.2. The van der Waals surface area contributed by atoms with Crippen molar-refractivity contribution < 1.29 is 4.74 Å². The third-order valence-electron chi connectivity index (χ3n) is 3.78. The second-order valence-corrected chi connectivity index (χ2v) is 5.23. The first-order chi connectivity index (χ1) is 7.16. The van der Waals surface area contributed by atoms with Gasteiger partial charge in [-0.2, -0.15) is 0 Å². The topological polar surface area (TPSA) is 12.5 Å². The summed E-state index contributed by atoms with van der Waals surface area (Å²) in [7, 11) is 0. The van der Waals surface area contributed by atoms with Gasteiger partial charge in [-0.15, -0.1) is 0 Å². The highest BCUT2D eigenvalue weighted by atomic mass is 16.5. The molecule has 1 atom stereocenters. The van der Waals surface area contributed by atoms with Crippen molar-refractivity contribution in [3.8, 4) is 0 Å². The molecular weight excluding hydrogens is 186 g/mol. The summed E-state index contributed by atoms with van der Waals surface area (Å²) in [5.41, 5.74) is 1.95. The van der Waals surface area contributed by atoms with Crippen LogP contribution in [0.4, 0.5) is 0 Å². The number of fused-ring (bicyclic) bond motifs is 1. The zero-order valence-corrected chi connectivity index (χ0v) is 10.3. The highest BCUT2D eigenvalue weighted by Crippen LogP contribution is 2.41. The minimum atomic E-state index is 0.353. The van der Waals surface area contributed by atoms with Gasteiger partial charge in [-0.05, 0) is 46.6 Å². The Balaban J connectivity index is 2.04. The van der Waals surface area contributed by atoms with Gasteiger partial charge in [0.05, 0.1) is 12.7 Å². The summed E-state index contributed by atoms with van der Waals surface area (Å²) >= 11 is 0. The minimum absolute atomic E-state index is 0.353. The molecule has 2 rings (SSSR count). The molecule has 0 N–H and O–H groups in total. The van der Waals surface area contributed by atoms with Gasteiger partial charge in [-0.1, -0.05) is 11.6 Å². The Morgan fingerprint density at radius 3 is 3.00 bits per heavy atom. The maximum Gasteiger partial charge on any atom is 0.0657 e. The molecule has 2 aliphatic heterocycles. The first-order valence-electron chi connectivity index (χ1n) is 6.17.